The molecule has 4 heteroatoms. The van der Waals surface area contributed by atoms with Crippen LogP contribution in [-0.2, 0) is 6.42 Å². The number of halogens is 2. The van der Waals surface area contributed by atoms with Gasteiger partial charge in [0.05, 0.1) is 10.0 Å². The van der Waals surface area contributed by atoms with E-state index in [1.54, 1.807) is 6.07 Å². The third kappa shape index (κ3) is 2.88. The summed E-state index contributed by atoms with van der Waals surface area (Å²) >= 11 is 12.4. The summed E-state index contributed by atoms with van der Waals surface area (Å²) in [4.78, 5) is 0. The van der Waals surface area contributed by atoms with E-state index in [1.165, 1.54) is 11.1 Å². The second-order valence-corrected chi connectivity index (χ2v) is 5.80. The molecule has 20 heavy (non-hydrogen) atoms. The van der Waals surface area contributed by atoms with Gasteiger partial charge in [0.25, 0.3) is 0 Å². The smallest absolute Gasteiger partial charge is 0.106 e. The Labute approximate surface area is 130 Å². The number of likely N-dealkylation sites (N-methyl/N-ethyl adjacent to an activating group) is 1. The first kappa shape index (κ1) is 15.4. The molecule has 1 aromatic heterocycles. The fraction of sp³-hybridized carbons (Fsp3) is 0.375. The minimum atomic E-state index is 0.156. The van der Waals surface area contributed by atoms with Gasteiger partial charge in [-0.15, -0.1) is 0 Å². The number of aryl methyl sites for hydroxylation is 2. The van der Waals surface area contributed by atoms with E-state index in [4.69, 9.17) is 27.6 Å². The molecule has 1 atom stereocenters. The Balaban J connectivity index is 2.36. The van der Waals surface area contributed by atoms with Gasteiger partial charge in [-0.1, -0.05) is 35.3 Å². The third-order valence-electron chi connectivity index (χ3n) is 3.77. The van der Waals surface area contributed by atoms with Gasteiger partial charge in [-0.3, -0.25) is 0 Å². The molecular weight excluding hydrogens is 293 g/mol. The summed E-state index contributed by atoms with van der Waals surface area (Å²) in [5, 5.41) is 4.57. The Morgan fingerprint density at radius 1 is 1.15 bits per heavy atom. The number of rotatable bonds is 4. The van der Waals surface area contributed by atoms with E-state index < -0.39 is 0 Å². The molecule has 0 aliphatic carbocycles. The second-order valence-electron chi connectivity index (χ2n) is 5.01. The Morgan fingerprint density at radius 3 is 2.40 bits per heavy atom. The third-order valence-corrected chi connectivity index (χ3v) is 4.63. The molecule has 0 radical (unpaired) electrons. The van der Waals surface area contributed by atoms with Crippen molar-refractivity contribution in [2.45, 2.75) is 33.2 Å². The van der Waals surface area contributed by atoms with Crippen molar-refractivity contribution in [3.63, 3.8) is 0 Å². The van der Waals surface area contributed by atoms with Gasteiger partial charge in [-0.25, -0.2) is 0 Å². The molecule has 0 aliphatic heterocycles. The number of hydrogen-bond donors (Lipinski definition) is 1. The zero-order valence-corrected chi connectivity index (χ0v) is 13.7. The van der Waals surface area contributed by atoms with Crippen LogP contribution in [0.3, 0.4) is 0 Å². The molecule has 2 nitrogen and oxygen atoms in total. The van der Waals surface area contributed by atoms with E-state index in [1.807, 2.05) is 33.0 Å². The lowest BCUT2D eigenvalue weighted by molar-refractivity contribution is 0.489. The molecule has 0 saturated heterocycles. The van der Waals surface area contributed by atoms with Crippen molar-refractivity contribution in [1.82, 2.24) is 5.32 Å². The normalized spacial score (nSPS) is 12.7. The topological polar surface area (TPSA) is 25.2 Å². The molecule has 2 rings (SSSR count). The van der Waals surface area contributed by atoms with Crippen LogP contribution in [0.1, 0.15) is 34.3 Å². The van der Waals surface area contributed by atoms with Crippen molar-refractivity contribution in [2.24, 2.45) is 0 Å². The van der Waals surface area contributed by atoms with Crippen molar-refractivity contribution in [3.05, 3.63) is 56.5 Å². The van der Waals surface area contributed by atoms with Crippen molar-refractivity contribution < 1.29 is 4.42 Å². The van der Waals surface area contributed by atoms with Gasteiger partial charge >= 0.3 is 0 Å². The van der Waals surface area contributed by atoms with E-state index in [2.05, 4.69) is 12.2 Å². The van der Waals surface area contributed by atoms with Crippen LogP contribution in [0.2, 0.25) is 10.0 Å². The van der Waals surface area contributed by atoms with E-state index in [-0.39, 0.29) is 6.04 Å². The zero-order valence-electron chi connectivity index (χ0n) is 12.2. The van der Waals surface area contributed by atoms with Crippen molar-refractivity contribution in [2.75, 3.05) is 7.05 Å². The first-order valence-corrected chi connectivity index (χ1v) is 7.38. The van der Waals surface area contributed by atoms with Gasteiger partial charge < -0.3 is 9.73 Å². The van der Waals surface area contributed by atoms with Crippen LogP contribution in [-0.4, -0.2) is 7.05 Å². The molecule has 0 fully saturated rings. The molecule has 1 aromatic carbocycles. The lowest BCUT2D eigenvalue weighted by Gasteiger charge is -2.18. The van der Waals surface area contributed by atoms with E-state index >= 15 is 0 Å². The highest BCUT2D eigenvalue weighted by molar-refractivity contribution is 6.42. The highest BCUT2D eigenvalue weighted by Gasteiger charge is 2.21. The molecule has 0 amide bonds. The zero-order chi connectivity index (χ0) is 14.9. The van der Waals surface area contributed by atoms with E-state index in [9.17, 15) is 0 Å². The van der Waals surface area contributed by atoms with Crippen LogP contribution >= 0.6 is 23.2 Å². The first-order valence-electron chi connectivity index (χ1n) is 6.62. The second kappa shape index (κ2) is 6.21. The summed E-state index contributed by atoms with van der Waals surface area (Å²) in [6.07, 6.45) is 0.774. The standard InChI is InChI=1S/C16H19Cl2NO/c1-9-10(2)20-11(3)15(9)14(19-4)8-12-6-5-7-13(17)16(12)18/h5-7,14,19H,8H2,1-4H3. The highest BCUT2D eigenvalue weighted by atomic mass is 35.5. The Morgan fingerprint density at radius 2 is 1.85 bits per heavy atom. The first-order chi connectivity index (χ1) is 9.45. The predicted molar refractivity (Wildman–Crippen MR) is 84.9 cm³/mol. The number of benzene rings is 1. The monoisotopic (exact) mass is 311 g/mol. The Bertz CT molecular complexity index is 619. The van der Waals surface area contributed by atoms with Crippen LogP contribution in [0.5, 0.6) is 0 Å². The average molecular weight is 312 g/mol. The van der Waals surface area contributed by atoms with Crippen LogP contribution in [0.15, 0.2) is 22.6 Å². The Kier molecular flexibility index (Phi) is 4.79. The molecule has 0 spiro atoms. The quantitative estimate of drug-likeness (QED) is 0.858. The molecular formula is C16H19Cl2NO. The summed E-state index contributed by atoms with van der Waals surface area (Å²) in [7, 11) is 1.95. The summed E-state index contributed by atoms with van der Waals surface area (Å²) in [5.41, 5.74) is 3.44. The predicted octanol–water partition coefficient (Wildman–Crippen LogP) is 5.01. The minimum absolute atomic E-state index is 0.156. The lowest BCUT2D eigenvalue weighted by atomic mass is 9.96. The number of furan rings is 1. The highest BCUT2D eigenvalue weighted by Crippen LogP contribution is 2.32. The SMILES string of the molecule is CNC(Cc1cccc(Cl)c1Cl)c1c(C)oc(C)c1C. The van der Waals surface area contributed by atoms with Crippen molar-refractivity contribution >= 4 is 23.2 Å². The maximum absolute atomic E-state index is 6.28. The van der Waals surface area contributed by atoms with Crippen molar-refractivity contribution in [1.29, 1.82) is 0 Å². The minimum Gasteiger partial charge on any atom is -0.466 e. The summed E-state index contributed by atoms with van der Waals surface area (Å²) in [6.45, 7) is 6.08. The van der Waals surface area contributed by atoms with Gasteiger partial charge in [0, 0.05) is 11.6 Å². The van der Waals surface area contributed by atoms with Crippen LogP contribution in [0.4, 0.5) is 0 Å². The van der Waals surface area contributed by atoms with E-state index in [0.29, 0.717) is 10.0 Å². The van der Waals surface area contributed by atoms with Gasteiger partial charge in [0.15, 0.2) is 0 Å². The molecule has 1 N–H and O–H groups in total. The molecule has 2 aromatic rings. The maximum Gasteiger partial charge on any atom is 0.106 e. The van der Waals surface area contributed by atoms with Crippen molar-refractivity contribution in [3.8, 4) is 0 Å². The molecule has 108 valence electrons. The Hall–Kier alpha value is -0.960. The lowest BCUT2D eigenvalue weighted by Crippen LogP contribution is -2.20. The molecule has 1 unspecified atom stereocenters. The van der Waals surface area contributed by atoms with Crippen LogP contribution in [0.25, 0.3) is 0 Å². The van der Waals surface area contributed by atoms with Gasteiger partial charge in [-0.05, 0) is 51.4 Å². The van der Waals surface area contributed by atoms with Crippen LogP contribution < -0.4 is 5.32 Å². The molecule has 1 heterocycles. The van der Waals surface area contributed by atoms with Crippen LogP contribution in [0, 0.1) is 20.8 Å². The number of hydrogen-bond acceptors (Lipinski definition) is 2. The largest absolute Gasteiger partial charge is 0.466 e. The summed E-state index contributed by atoms with van der Waals surface area (Å²) < 4.78 is 5.72. The van der Waals surface area contributed by atoms with Gasteiger partial charge in [0.1, 0.15) is 11.5 Å². The molecule has 0 aliphatic rings. The maximum atomic E-state index is 6.28. The van der Waals surface area contributed by atoms with Gasteiger partial charge in [-0.2, -0.15) is 0 Å². The fourth-order valence-electron chi connectivity index (χ4n) is 2.60. The van der Waals surface area contributed by atoms with E-state index in [0.717, 1.165) is 23.5 Å². The van der Waals surface area contributed by atoms with Gasteiger partial charge in [0.2, 0.25) is 0 Å². The summed E-state index contributed by atoms with van der Waals surface area (Å²) in [6, 6.07) is 5.90. The molecule has 0 bridgehead atoms. The fourth-order valence-corrected chi connectivity index (χ4v) is 2.99. The summed E-state index contributed by atoms with van der Waals surface area (Å²) in [5.74, 6) is 1.92. The average Bonchev–Trinajstić information content (AvgIpc) is 2.66. The molecule has 0 saturated carbocycles. The number of nitrogens with one attached hydrogen (secondary N) is 1.